The zero-order chi connectivity index (χ0) is 16.3. The van der Waals surface area contributed by atoms with Crippen molar-refractivity contribution >= 4 is 36.3 Å². The average Bonchev–Trinajstić information content (AvgIpc) is 2.98. The molecule has 120 valence electrons. The molecule has 2 rings (SSSR count). The van der Waals surface area contributed by atoms with E-state index in [2.05, 4.69) is 12.6 Å². The molecular formula is C15H19NO4S2. The fourth-order valence-corrected chi connectivity index (χ4v) is 3.91. The lowest BCUT2D eigenvalue weighted by Crippen LogP contribution is -2.45. The van der Waals surface area contributed by atoms with Gasteiger partial charge in [-0.15, -0.1) is 11.8 Å². The molecule has 0 aliphatic carbocycles. The van der Waals surface area contributed by atoms with Crippen LogP contribution in [0.15, 0.2) is 24.3 Å². The highest BCUT2D eigenvalue weighted by atomic mass is 32.2. The number of hydrogen-bond donors (Lipinski definition) is 2. The monoisotopic (exact) mass is 341 g/mol. The average molecular weight is 341 g/mol. The molecule has 22 heavy (non-hydrogen) atoms. The van der Waals surface area contributed by atoms with Crippen molar-refractivity contribution in [2.75, 3.05) is 18.6 Å². The quantitative estimate of drug-likeness (QED) is 0.805. The van der Waals surface area contributed by atoms with Gasteiger partial charge in [-0.2, -0.15) is 12.6 Å². The molecule has 0 radical (unpaired) electrons. The Labute approximate surface area is 139 Å². The van der Waals surface area contributed by atoms with E-state index < -0.39 is 12.0 Å². The Balaban J connectivity index is 2.31. The molecule has 2 unspecified atom stereocenters. The van der Waals surface area contributed by atoms with Crippen LogP contribution in [-0.4, -0.2) is 46.5 Å². The topological polar surface area (TPSA) is 66.8 Å². The van der Waals surface area contributed by atoms with Gasteiger partial charge in [-0.1, -0.05) is 19.1 Å². The molecule has 1 heterocycles. The van der Waals surface area contributed by atoms with Crippen molar-refractivity contribution in [3.63, 3.8) is 0 Å². The minimum Gasteiger partial charge on any atom is -0.497 e. The number of carboxylic acids is 1. The number of carbonyl (C=O) groups is 2. The second-order valence-corrected chi connectivity index (χ2v) is 6.62. The summed E-state index contributed by atoms with van der Waals surface area (Å²) in [7, 11) is 1.59. The first-order valence-corrected chi connectivity index (χ1v) is 8.59. The Kier molecular flexibility index (Phi) is 5.63. The number of methoxy groups -OCH3 is 1. The van der Waals surface area contributed by atoms with E-state index in [4.69, 9.17) is 4.74 Å². The van der Waals surface area contributed by atoms with Crippen molar-refractivity contribution in [2.24, 2.45) is 5.92 Å². The van der Waals surface area contributed by atoms with Crippen molar-refractivity contribution < 1.29 is 19.4 Å². The van der Waals surface area contributed by atoms with E-state index in [9.17, 15) is 14.7 Å². The van der Waals surface area contributed by atoms with Gasteiger partial charge in [-0.05, 0) is 17.7 Å². The predicted octanol–water partition coefficient (Wildman–Crippen LogP) is 2.29. The third-order valence-corrected chi connectivity index (χ3v) is 5.51. The van der Waals surface area contributed by atoms with Crippen molar-refractivity contribution in [1.29, 1.82) is 0 Å². The van der Waals surface area contributed by atoms with Crippen molar-refractivity contribution in [1.82, 2.24) is 4.90 Å². The summed E-state index contributed by atoms with van der Waals surface area (Å²) in [5.74, 6) is 0.0443. The Morgan fingerprint density at radius 2 is 2.09 bits per heavy atom. The lowest BCUT2D eigenvalue weighted by Gasteiger charge is -2.29. The molecule has 1 amide bonds. The standard InChI is InChI=1S/C15H19NO4S2/c1-9(7-21)13(17)16-12(15(18)19)8-22-14(16)10-3-5-11(20-2)6-4-10/h3-6,9,12,14,21H,7-8H2,1-2H3,(H,18,19)/t9?,12-,14?/m0/s1. The number of thiol groups is 1. The number of aliphatic carboxylic acids is 1. The summed E-state index contributed by atoms with van der Waals surface area (Å²) in [4.78, 5) is 25.5. The molecule has 3 atom stereocenters. The first-order chi connectivity index (χ1) is 10.5. The number of thioether (sulfide) groups is 1. The van der Waals surface area contributed by atoms with Gasteiger partial charge < -0.3 is 14.7 Å². The summed E-state index contributed by atoms with van der Waals surface area (Å²) in [5.41, 5.74) is 0.897. The molecule has 1 fully saturated rings. The molecule has 5 nitrogen and oxygen atoms in total. The van der Waals surface area contributed by atoms with Crippen molar-refractivity contribution in [3.05, 3.63) is 29.8 Å². The molecule has 0 saturated carbocycles. The van der Waals surface area contributed by atoms with Gasteiger partial charge in [0.1, 0.15) is 17.2 Å². The Hall–Kier alpha value is -1.34. The Morgan fingerprint density at radius 3 is 2.59 bits per heavy atom. The van der Waals surface area contributed by atoms with Gasteiger partial charge in [-0.3, -0.25) is 4.79 Å². The van der Waals surface area contributed by atoms with Crippen molar-refractivity contribution in [2.45, 2.75) is 18.3 Å². The number of ether oxygens (including phenoxy) is 1. The van der Waals surface area contributed by atoms with Crippen LogP contribution in [0, 0.1) is 5.92 Å². The lowest BCUT2D eigenvalue weighted by molar-refractivity contribution is -0.150. The van der Waals surface area contributed by atoms with E-state index >= 15 is 0 Å². The zero-order valence-corrected chi connectivity index (χ0v) is 14.1. The number of hydrogen-bond acceptors (Lipinski definition) is 5. The van der Waals surface area contributed by atoms with Crippen LogP contribution < -0.4 is 4.74 Å². The van der Waals surface area contributed by atoms with Crippen LogP contribution in [-0.2, 0) is 9.59 Å². The predicted molar refractivity (Wildman–Crippen MR) is 89.5 cm³/mol. The van der Waals surface area contributed by atoms with Gasteiger partial charge in [0, 0.05) is 17.4 Å². The van der Waals surface area contributed by atoms with Crippen LogP contribution in [0.2, 0.25) is 0 Å². The molecule has 7 heteroatoms. The van der Waals surface area contributed by atoms with Crippen LogP contribution in [0.5, 0.6) is 5.75 Å². The molecular weight excluding hydrogens is 322 g/mol. The number of nitrogens with zero attached hydrogens (tertiary/aromatic N) is 1. The highest BCUT2D eigenvalue weighted by molar-refractivity contribution is 7.99. The molecule has 0 bridgehead atoms. The summed E-state index contributed by atoms with van der Waals surface area (Å²) in [6, 6.07) is 6.56. The first kappa shape index (κ1) is 17.0. The minimum atomic E-state index is -0.969. The molecule has 1 aliphatic heterocycles. The second-order valence-electron chi connectivity index (χ2n) is 5.14. The molecule has 1 aromatic carbocycles. The number of benzene rings is 1. The normalized spacial score (nSPS) is 22.4. The summed E-state index contributed by atoms with van der Waals surface area (Å²) in [6.45, 7) is 1.77. The SMILES string of the molecule is COc1ccc(C2SC[C@@H](C(=O)O)N2C(=O)C(C)CS)cc1. The summed E-state index contributed by atoms with van der Waals surface area (Å²) < 4.78 is 5.13. The summed E-state index contributed by atoms with van der Waals surface area (Å²) in [6.07, 6.45) is 0. The molecule has 1 aromatic rings. The third-order valence-electron chi connectivity index (χ3n) is 3.64. The fraction of sp³-hybridized carbons (Fsp3) is 0.467. The molecule has 1 aliphatic rings. The van der Waals surface area contributed by atoms with Crippen LogP contribution >= 0.6 is 24.4 Å². The zero-order valence-electron chi connectivity index (χ0n) is 12.4. The molecule has 1 N–H and O–H groups in total. The minimum absolute atomic E-state index is 0.173. The highest BCUT2D eigenvalue weighted by Crippen LogP contribution is 2.42. The Bertz CT molecular complexity index is 549. The largest absolute Gasteiger partial charge is 0.497 e. The van der Waals surface area contributed by atoms with Crippen LogP contribution in [0.25, 0.3) is 0 Å². The number of carboxylic acid groups (broad SMARTS) is 1. The maximum absolute atomic E-state index is 12.6. The number of rotatable bonds is 5. The Morgan fingerprint density at radius 1 is 1.45 bits per heavy atom. The maximum atomic E-state index is 12.6. The number of carbonyl (C=O) groups excluding carboxylic acids is 1. The molecule has 1 saturated heterocycles. The van der Waals surface area contributed by atoms with E-state index in [0.29, 0.717) is 11.5 Å². The van der Waals surface area contributed by atoms with Gasteiger partial charge >= 0.3 is 5.97 Å². The van der Waals surface area contributed by atoms with Gasteiger partial charge in [0.05, 0.1) is 7.11 Å². The molecule has 0 aromatic heterocycles. The maximum Gasteiger partial charge on any atom is 0.327 e. The van der Waals surface area contributed by atoms with Gasteiger partial charge in [0.2, 0.25) is 5.91 Å². The van der Waals surface area contributed by atoms with Gasteiger partial charge in [0.15, 0.2) is 0 Å². The smallest absolute Gasteiger partial charge is 0.327 e. The first-order valence-electron chi connectivity index (χ1n) is 6.91. The third kappa shape index (κ3) is 3.35. The summed E-state index contributed by atoms with van der Waals surface area (Å²) >= 11 is 5.62. The van der Waals surface area contributed by atoms with Crippen LogP contribution in [0.3, 0.4) is 0 Å². The van der Waals surface area contributed by atoms with E-state index in [1.165, 1.54) is 16.7 Å². The van der Waals surface area contributed by atoms with Crippen LogP contribution in [0.4, 0.5) is 0 Å². The van der Waals surface area contributed by atoms with Crippen molar-refractivity contribution in [3.8, 4) is 5.75 Å². The highest BCUT2D eigenvalue weighted by Gasteiger charge is 2.43. The second kappa shape index (κ2) is 7.28. The lowest BCUT2D eigenvalue weighted by atomic mass is 10.1. The fourth-order valence-electron chi connectivity index (χ4n) is 2.32. The van der Waals surface area contributed by atoms with E-state index in [-0.39, 0.29) is 17.2 Å². The molecule has 0 spiro atoms. The van der Waals surface area contributed by atoms with E-state index in [0.717, 1.165) is 11.3 Å². The van der Waals surface area contributed by atoms with E-state index in [1.807, 2.05) is 24.3 Å². The van der Waals surface area contributed by atoms with Gasteiger partial charge in [0.25, 0.3) is 0 Å². The van der Waals surface area contributed by atoms with Gasteiger partial charge in [-0.25, -0.2) is 4.79 Å². The number of amides is 1. The summed E-state index contributed by atoms with van der Waals surface area (Å²) in [5, 5.41) is 9.10. The van der Waals surface area contributed by atoms with Crippen LogP contribution in [0.1, 0.15) is 17.9 Å². The van der Waals surface area contributed by atoms with E-state index in [1.54, 1.807) is 14.0 Å².